The summed E-state index contributed by atoms with van der Waals surface area (Å²) in [7, 11) is -3.58. The van der Waals surface area contributed by atoms with Gasteiger partial charge in [0.1, 0.15) is 0 Å². The first-order valence-electron chi connectivity index (χ1n) is 9.77. The first-order valence-corrected chi connectivity index (χ1v) is 11.4. The molecule has 158 valence electrons. The smallest absolute Gasteiger partial charge is 0.256 e. The van der Waals surface area contributed by atoms with Crippen molar-refractivity contribution in [1.29, 1.82) is 0 Å². The number of carbonyl (C=O) groups is 2. The fraction of sp³-hybridized carbons (Fsp3) is 0.350. The number of carbonyl (C=O) groups excluding carboxylic acids is 2. The molecule has 0 atom stereocenters. The molecule has 0 unspecified atom stereocenters. The molecule has 0 aromatic heterocycles. The standard InChI is InChI=1S/C20H23N5O4S/c26-18(24-11-9-23(10-12-24)16-5-2-1-3-6-16)15-21-20(27)17-7-4-8-25-13-14-30(28,29)22-19(17)25/h1-8H,9-15H2,(H,21,27). The Morgan fingerprint density at radius 2 is 1.77 bits per heavy atom. The Hall–Kier alpha value is -3.14. The predicted molar refractivity (Wildman–Crippen MR) is 113 cm³/mol. The van der Waals surface area contributed by atoms with Crippen LogP contribution in [0.15, 0.2) is 58.7 Å². The molecule has 0 spiro atoms. The molecule has 1 N–H and O–H groups in total. The number of piperazine rings is 1. The third-order valence-electron chi connectivity index (χ3n) is 5.26. The summed E-state index contributed by atoms with van der Waals surface area (Å²) in [5.74, 6) is -0.678. The van der Waals surface area contributed by atoms with E-state index in [1.807, 2.05) is 30.3 Å². The largest absolute Gasteiger partial charge is 0.368 e. The van der Waals surface area contributed by atoms with Crippen LogP contribution in [0.2, 0.25) is 0 Å². The Balaban J connectivity index is 1.32. The first-order chi connectivity index (χ1) is 14.4. The van der Waals surface area contributed by atoms with E-state index >= 15 is 0 Å². The van der Waals surface area contributed by atoms with E-state index in [1.165, 1.54) is 6.08 Å². The number of nitrogens with one attached hydrogen (secondary N) is 1. The van der Waals surface area contributed by atoms with Crippen LogP contribution < -0.4 is 10.2 Å². The second-order valence-electron chi connectivity index (χ2n) is 7.20. The highest BCUT2D eigenvalue weighted by molar-refractivity contribution is 7.90. The fourth-order valence-electron chi connectivity index (χ4n) is 3.61. The van der Waals surface area contributed by atoms with Gasteiger partial charge in [-0.25, -0.2) is 8.42 Å². The number of hydrogen-bond donors (Lipinski definition) is 1. The first kappa shape index (κ1) is 20.1. The van der Waals surface area contributed by atoms with Gasteiger partial charge in [-0.15, -0.1) is 4.40 Å². The number of sulfonamides is 1. The van der Waals surface area contributed by atoms with Crippen LogP contribution in [0.3, 0.4) is 0 Å². The van der Waals surface area contributed by atoms with Gasteiger partial charge in [-0.3, -0.25) is 9.59 Å². The van der Waals surface area contributed by atoms with E-state index in [4.69, 9.17) is 0 Å². The zero-order valence-corrected chi connectivity index (χ0v) is 17.2. The van der Waals surface area contributed by atoms with Crippen molar-refractivity contribution in [2.75, 3.05) is 49.9 Å². The number of anilines is 1. The van der Waals surface area contributed by atoms with Crippen molar-refractivity contribution < 1.29 is 18.0 Å². The van der Waals surface area contributed by atoms with Gasteiger partial charge in [0.05, 0.1) is 17.9 Å². The summed E-state index contributed by atoms with van der Waals surface area (Å²) in [6.45, 7) is 2.70. The lowest BCUT2D eigenvalue weighted by atomic mass is 10.1. The van der Waals surface area contributed by atoms with Crippen LogP contribution >= 0.6 is 0 Å². The predicted octanol–water partition coefficient (Wildman–Crippen LogP) is -0.0510. The third kappa shape index (κ3) is 4.38. The van der Waals surface area contributed by atoms with Crippen molar-refractivity contribution in [2.45, 2.75) is 0 Å². The fourth-order valence-corrected chi connectivity index (χ4v) is 4.59. The van der Waals surface area contributed by atoms with Crippen LogP contribution in [0, 0.1) is 0 Å². The van der Waals surface area contributed by atoms with E-state index < -0.39 is 15.9 Å². The van der Waals surface area contributed by atoms with Gasteiger partial charge >= 0.3 is 0 Å². The van der Waals surface area contributed by atoms with Gasteiger partial charge in [0.25, 0.3) is 15.9 Å². The number of fused-ring (bicyclic) bond motifs is 1. The Morgan fingerprint density at radius 3 is 2.50 bits per heavy atom. The minimum atomic E-state index is -3.58. The summed E-state index contributed by atoms with van der Waals surface area (Å²) in [4.78, 5) is 30.7. The second-order valence-corrected chi connectivity index (χ2v) is 8.96. The van der Waals surface area contributed by atoms with Crippen LogP contribution in [0.1, 0.15) is 0 Å². The summed E-state index contributed by atoms with van der Waals surface area (Å²) in [5.41, 5.74) is 1.27. The number of hydrogen-bond acceptors (Lipinski definition) is 6. The molecule has 0 radical (unpaired) electrons. The maximum absolute atomic E-state index is 12.6. The quantitative estimate of drug-likeness (QED) is 0.720. The summed E-state index contributed by atoms with van der Waals surface area (Å²) in [6, 6.07) is 10.0. The summed E-state index contributed by atoms with van der Waals surface area (Å²) in [6.07, 6.45) is 4.85. The highest BCUT2D eigenvalue weighted by atomic mass is 32.2. The van der Waals surface area contributed by atoms with Gasteiger partial charge in [0, 0.05) is 44.6 Å². The molecule has 9 nitrogen and oxygen atoms in total. The summed E-state index contributed by atoms with van der Waals surface area (Å²) < 4.78 is 27.4. The number of para-hydroxylation sites is 1. The Labute approximate surface area is 175 Å². The Morgan fingerprint density at radius 1 is 1.03 bits per heavy atom. The van der Waals surface area contributed by atoms with E-state index in [9.17, 15) is 18.0 Å². The Kier molecular flexibility index (Phi) is 5.58. The van der Waals surface area contributed by atoms with Crippen LogP contribution in [0.5, 0.6) is 0 Å². The van der Waals surface area contributed by atoms with E-state index in [-0.39, 0.29) is 36.2 Å². The number of nitrogens with zero attached hydrogens (tertiary/aromatic N) is 4. The topological polar surface area (TPSA) is 102 Å². The van der Waals surface area contributed by atoms with Gasteiger partial charge in [-0.1, -0.05) is 18.2 Å². The lowest BCUT2D eigenvalue weighted by Crippen LogP contribution is -2.51. The van der Waals surface area contributed by atoms with E-state index in [2.05, 4.69) is 14.6 Å². The maximum atomic E-state index is 12.6. The molecule has 3 aliphatic rings. The lowest BCUT2D eigenvalue weighted by Gasteiger charge is -2.36. The highest BCUT2D eigenvalue weighted by Gasteiger charge is 2.30. The van der Waals surface area contributed by atoms with Crippen molar-refractivity contribution in [2.24, 2.45) is 4.40 Å². The van der Waals surface area contributed by atoms with Crippen molar-refractivity contribution in [1.82, 2.24) is 15.1 Å². The number of allylic oxidation sites excluding steroid dienone is 2. The van der Waals surface area contributed by atoms with Crippen LogP contribution in [0.4, 0.5) is 5.69 Å². The zero-order chi connectivity index (χ0) is 21.1. The van der Waals surface area contributed by atoms with Crippen molar-refractivity contribution in [3.05, 3.63) is 54.3 Å². The number of rotatable bonds is 4. The minimum absolute atomic E-state index is 0.0941. The SMILES string of the molecule is O=C(NCC(=O)N1CCN(c2ccccc2)CC1)C1=CC=CN2CCS(=O)(=O)N=C12. The molecule has 3 aliphatic heterocycles. The molecule has 0 bridgehead atoms. The van der Waals surface area contributed by atoms with Gasteiger partial charge in [0.15, 0.2) is 5.84 Å². The van der Waals surface area contributed by atoms with Crippen LogP contribution in [-0.2, 0) is 19.6 Å². The maximum Gasteiger partial charge on any atom is 0.256 e. The monoisotopic (exact) mass is 429 g/mol. The molecule has 4 rings (SSSR count). The summed E-state index contributed by atoms with van der Waals surface area (Å²) >= 11 is 0. The van der Waals surface area contributed by atoms with Gasteiger partial charge in [0.2, 0.25) is 5.91 Å². The number of benzene rings is 1. The molecule has 1 saturated heterocycles. The average Bonchev–Trinajstić information content (AvgIpc) is 2.77. The normalized spacial score (nSPS) is 20.2. The molecule has 30 heavy (non-hydrogen) atoms. The number of amidine groups is 1. The molecule has 10 heteroatoms. The third-order valence-corrected chi connectivity index (χ3v) is 6.41. The van der Waals surface area contributed by atoms with Crippen molar-refractivity contribution >= 4 is 33.4 Å². The van der Waals surface area contributed by atoms with Crippen LogP contribution in [0.25, 0.3) is 0 Å². The molecule has 2 amide bonds. The molecule has 1 fully saturated rings. The average molecular weight is 430 g/mol. The second kappa shape index (κ2) is 8.31. The van der Waals surface area contributed by atoms with Crippen molar-refractivity contribution in [3.63, 3.8) is 0 Å². The lowest BCUT2D eigenvalue weighted by molar-refractivity contribution is -0.132. The minimum Gasteiger partial charge on any atom is -0.368 e. The molecule has 1 aromatic rings. The van der Waals surface area contributed by atoms with E-state index in [0.29, 0.717) is 13.1 Å². The zero-order valence-electron chi connectivity index (χ0n) is 16.4. The Bertz CT molecular complexity index is 1020. The van der Waals surface area contributed by atoms with Gasteiger partial charge in [-0.2, -0.15) is 0 Å². The van der Waals surface area contributed by atoms with E-state index in [1.54, 1.807) is 22.1 Å². The molecular weight excluding hydrogens is 406 g/mol. The van der Waals surface area contributed by atoms with Gasteiger partial charge in [-0.05, 0) is 24.3 Å². The summed E-state index contributed by atoms with van der Waals surface area (Å²) in [5, 5.41) is 2.60. The molecular formula is C20H23N5O4S. The molecule has 3 heterocycles. The molecule has 1 aromatic carbocycles. The number of amides is 2. The van der Waals surface area contributed by atoms with Gasteiger partial charge < -0.3 is 20.0 Å². The highest BCUT2D eigenvalue weighted by Crippen LogP contribution is 2.18. The van der Waals surface area contributed by atoms with Crippen LogP contribution in [-0.4, -0.2) is 80.9 Å². The van der Waals surface area contributed by atoms with E-state index in [0.717, 1.165) is 18.8 Å². The molecule has 0 aliphatic carbocycles. The van der Waals surface area contributed by atoms with Crippen molar-refractivity contribution in [3.8, 4) is 0 Å². The molecule has 0 saturated carbocycles.